The van der Waals surface area contributed by atoms with Crippen molar-refractivity contribution in [3.8, 4) is 0 Å². The normalized spacial score (nSPS) is 16.2. The molecular weight excluding hydrogens is 820 g/mol. The van der Waals surface area contributed by atoms with Crippen LogP contribution in [-0.4, -0.2) is 84.8 Å². The van der Waals surface area contributed by atoms with Gasteiger partial charge in [0.15, 0.2) is 0 Å². The zero-order chi connectivity index (χ0) is 38.7. The van der Waals surface area contributed by atoms with Gasteiger partial charge in [-0.2, -0.15) is 114 Å². The topological polar surface area (TPSA) is 58.6 Å². The first-order valence-corrected chi connectivity index (χ1v) is 11.9. The summed E-state index contributed by atoms with van der Waals surface area (Å²) in [5.41, 5.74) is 0. The first-order valence-electron chi connectivity index (χ1n) is 10.4. The number of phosphoric ester groups is 1. The minimum absolute atomic E-state index is 0. The predicted molar refractivity (Wildman–Crippen MR) is 90.3 cm³/mol. The van der Waals surface area contributed by atoms with Gasteiger partial charge in [-0.15, -0.1) is 0 Å². The Hall–Kier alpha value is -0.0736. The molecule has 32 heteroatoms. The number of rotatable bonds is 16. The maximum Gasteiger partial charge on any atom is 1.00 e. The first kappa shape index (κ1) is 50.0. The van der Waals surface area contributed by atoms with Crippen LogP contribution in [0.25, 0.3) is 0 Å². The van der Waals surface area contributed by atoms with Gasteiger partial charge in [-0.05, 0) is 0 Å². The fraction of sp³-hybridized carbons (Fsp3) is 1.00. The monoisotopic (exact) mass is 828 g/mol. The van der Waals surface area contributed by atoms with Crippen LogP contribution in [0.5, 0.6) is 0 Å². The van der Waals surface area contributed by atoms with Crippen LogP contribution in [0, 0.1) is 0 Å². The molecule has 48 heavy (non-hydrogen) atoms. The van der Waals surface area contributed by atoms with Gasteiger partial charge in [0.05, 0.1) is 13.2 Å². The van der Waals surface area contributed by atoms with Crippen molar-refractivity contribution in [3.63, 3.8) is 0 Å². The summed E-state index contributed by atoms with van der Waals surface area (Å²) in [6.07, 6.45) is -22.4. The summed E-state index contributed by atoms with van der Waals surface area (Å²) in [6.45, 7) is -5.71. The zero-order valence-electron chi connectivity index (χ0n) is 21.7. The van der Waals surface area contributed by atoms with Crippen molar-refractivity contribution in [2.75, 3.05) is 13.2 Å². The van der Waals surface area contributed by atoms with Gasteiger partial charge in [0, 0.05) is 12.8 Å². The molecule has 0 fully saturated rings. The Labute approximate surface area is 288 Å². The summed E-state index contributed by atoms with van der Waals surface area (Å²) in [4.78, 5) is 11.2. The maximum absolute atomic E-state index is 13.6. The van der Waals surface area contributed by atoms with Gasteiger partial charge in [-0.3, -0.25) is 4.57 Å². The fourth-order valence-electron chi connectivity index (χ4n) is 2.53. The van der Waals surface area contributed by atoms with Crippen molar-refractivity contribution in [2.24, 2.45) is 0 Å². The van der Waals surface area contributed by atoms with Crippen LogP contribution in [0.2, 0.25) is 0 Å². The molecule has 0 rings (SSSR count). The zero-order valence-corrected chi connectivity index (χ0v) is 25.8. The van der Waals surface area contributed by atoms with Gasteiger partial charge in [-0.1, -0.05) is 0 Å². The van der Waals surface area contributed by atoms with Crippen LogP contribution in [0.4, 0.5) is 114 Å². The molecule has 0 aromatic rings. The third kappa shape index (κ3) is 8.26. The molecule has 0 aromatic carbocycles. The Morgan fingerprint density at radius 2 is 0.562 bits per heavy atom. The molecule has 0 aliphatic carbocycles. The Morgan fingerprint density at radius 1 is 0.375 bits per heavy atom. The van der Waals surface area contributed by atoms with E-state index in [1.165, 1.54) is 0 Å². The molecule has 4 nitrogen and oxygen atoms in total. The van der Waals surface area contributed by atoms with E-state index in [9.17, 15) is 124 Å². The average Bonchev–Trinajstić information content (AvgIpc) is 2.80. The Balaban J connectivity index is 0. The molecule has 0 saturated heterocycles. The van der Waals surface area contributed by atoms with Crippen molar-refractivity contribution in [3.05, 3.63) is 0 Å². The molecule has 0 aliphatic rings. The van der Waals surface area contributed by atoms with Crippen molar-refractivity contribution >= 4 is 7.82 Å². The summed E-state index contributed by atoms with van der Waals surface area (Å²) < 4.78 is 354. The molecular formula is C16H8F26KO4P. The Bertz CT molecular complexity index is 1060. The minimum atomic E-state index is -8.38. The predicted octanol–water partition coefficient (Wildman–Crippen LogP) is 5.75. The molecule has 0 aliphatic heterocycles. The molecule has 0 aromatic heterocycles. The van der Waals surface area contributed by atoms with E-state index in [1.54, 1.807) is 0 Å². The van der Waals surface area contributed by atoms with Crippen molar-refractivity contribution in [1.29, 1.82) is 0 Å². The van der Waals surface area contributed by atoms with Crippen LogP contribution in [-0.2, 0) is 13.6 Å². The third-order valence-corrected chi connectivity index (χ3v) is 6.33. The maximum atomic E-state index is 13.6. The molecule has 0 saturated carbocycles. The van der Waals surface area contributed by atoms with Crippen LogP contribution in [0.15, 0.2) is 0 Å². The molecule has 284 valence electrons. The first-order chi connectivity index (χ1) is 19.9. The summed E-state index contributed by atoms with van der Waals surface area (Å²) in [5, 5.41) is 0. The summed E-state index contributed by atoms with van der Waals surface area (Å²) in [5.74, 6) is -79.6. The molecule has 0 spiro atoms. The standard InChI is InChI=1S/C16H9F26O4P.K/c17-5(18,7(21,22)9(25,26)11(29,30)13(33,34)15(37,38)39)1-3-45-47(43,44)46-4-2-6(19,20)8(23,24)10(27,28)12(31,32)14(35,36)16(40,41)42;/h1-4H2,(H,43,44);/q;+1/p-1. The SMILES string of the molecule is O=P([O-])(OCCC(F)(F)C(F)(F)C(F)(F)C(F)(F)C(F)(F)C(F)(F)F)OCCC(F)(F)C(F)(F)C(F)(F)C(F)(F)C(F)(F)C(F)(F)F.[K+]. The second-order valence-corrected chi connectivity index (χ2v) is 10.0. The molecule has 0 heterocycles. The summed E-state index contributed by atoms with van der Waals surface area (Å²) in [7, 11) is -6.83. The van der Waals surface area contributed by atoms with Crippen LogP contribution in [0.3, 0.4) is 0 Å². The number of halogens is 26. The van der Waals surface area contributed by atoms with Gasteiger partial charge < -0.3 is 13.9 Å². The van der Waals surface area contributed by atoms with Crippen molar-refractivity contribution in [1.82, 2.24) is 0 Å². The fourth-order valence-corrected chi connectivity index (χ4v) is 3.23. The quantitative estimate of drug-likeness (QED) is 0.113. The van der Waals surface area contributed by atoms with Gasteiger partial charge >= 0.3 is 123 Å². The Kier molecular flexibility index (Phi) is 14.6. The van der Waals surface area contributed by atoms with Crippen LogP contribution >= 0.6 is 7.82 Å². The minimum Gasteiger partial charge on any atom is -0.756 e. The van der Waals surface area contributed by atoms with E-state index >= 15 is 0 Å². The van der Waals surface area contributed by atoms with Crippen LogP contribution < -0.4 is 56.3 Å². The van der Waals surface area contributed by atoms with E-state index in [1.807, 2.05) is 0 Å². The molecule has 0 radical (unpaired) electrons. The van der Waals surface area contributed by atoms with Gasteiger partial charge in [-0.25, -0.2) is 0 Å². The number of alkyl halides is 26. The van der Waals surface area contributed by atoms with Gasteiger partial charge in [0.1, 0.15) is 0 Å². The van der Waals surface area contributed by atoms with Crippen molar-refractivity contribution in [2.45, 2.75) is 84.4 Å². The van der Waals surface area contributed by atoms with Crippen molar-refractivity contribution < 1.29 is 184 Å². The molecule has 0 N–H and O–H groups in total. The summed E-state index contributed by atoms with van der Waals surface area (Å²) >= 11 is 0. The average molecular weight is 828 g/mol. The second-order valence-electron chi connectivity index (χ2n) is 8.61. The molecule has 0 unspecified atom stereocenters. The van der Waals surface area contributed by atoms with Gasteiger partial charge in [0.2, 0.25) is 0 Å². The smallest absolute Gasteiger partial charge is 0.756 e. The van der Waals surface area contributed by atoms with E-state index in [0.29, 0.717) is 0 Å². The number of phosphoric acid groups is 1. The van der Waals surface area contributed by atoms with E-state index in [-0.39, 0.29) is 51.4 Å². The molecule has 0 atom stereocenters. The van der Waals surface area contributed by atoms with Gasteiger partial charge in [0.25, 0.3) is 7.82 Å². The molecule has 0 amide bonds. The van der Waals surface area contributed by atoms with E-state index in [0.717, 1.165) is 0 Å². The Morgan fingerprint density at radius 3 is 0.750 bits per heavy atom. The van der Waals surface area contributed by atoms with E-state index in [4.69, 9.17) is 0 Å². The number of hydrogen-bond donors (Lipinski definition) is 0. The largest absolute Gasteiger partial charge is 1.00 e. The molecule has 0 bridgehead atoms. The van der Waals surface area contributed by atoms with Crippen LogP contribution in [0.1, 0.15) is 12.8 Å². The second kappa shape index (κ2) is 14.1. The number of hydrogen-bond acceptors (Lipinski definition) is 4. The summed E-state index contributed by atoms with van der Waals surface area (Å²) in [6, 6.07) is 0. The third-order valence-electron chi connectivity index (χ3n) is 5.33. The van der Waals surface area contributed by atoms with E-state index < -0.39 is 105 Å². The van der Waals surface area contributed by atoms with E-state index in [2.05, 4.69) is 9.05 Å².